The van der Waals surface area contributed by atoms with E-state index in [0.717, 1.165) is 60.0 Å². The normalized spacial score (nSPS) is 20.9. The van der Waals surface area contributed by atoms with Gasteiger partial charge in [0.2, 0.25) is 10.0 Å². The number of hydrogen-bond acceptors (Lipinski definition) is 8. The molecule has 2 aromatic carbocycles. The molecule has 5 heterocycles. The Morgan fingerprint density at radius 2 is 1.57 bits per heavy atom. The topological polar surface area (TPSA) is 161 Å². The number of nitrogens with zero attached hydrogens (tertiary/aromatic N) is 6. The lowest BCUT2D eigenvalue weighted by atomic mass is 9.79. The van der Waals surface area contributed by atoms with E-state index in [9.17, 15) is 22.8 Å². The molecular formula is C36H48N8O6S. The Morgan fingerprint density at radius 3 is 2.27 bits per heavy atom. The van der Waals surface area contributed by atoms with E-state index in [1.165, 1.54) is 6.26 Å². The maximum Gasteiger partial charge on any atom is 0.410 e. The summed E-state index contributed by atoms with van der Waals surface area (Å²) in [5.74, 6) is 0.655. The second-order valence-corrected chi connectivity index (χ2v) is 16.6. The van der Waals surface area contributed by atoms with E-state index < -0.39 is 22.2 Å². The minimum atomic E-state index is -3.18. The molecule has 0 radical (unpaired) electrons. The van der Waals surface area contributed by atoms with Gasteiger partial charge >= 0.3 is 12.1 Å². The number of likely N-dealkylation sites (tertiary alicyclic amines) is 2. The number of amides is 4. The molecule has 0 saturated carbocycles. The fraction of sp³-hybridized carbons (Fsp3) is 0.583. The van der Waals surface area contributed by atoms with Crippen molar-refractivity contribution in [3.63, 3.8) is 0 Å². The van der Waals surface area contributed by atoms with Gasteiger partial charge < -0.3 is 24.8 Å². The molecule has 0 aliphatic carbocycles. The van der Waals surface area contributed by atoms with Crippen molar-refractivity contribution in [3.8, 4) is 0 Å². The second-order valence-electron chi connectivity index (χ2n) is 14.6. The van der Waals surface area contributed by atoms with Gasteiger partial charge in [-0.25, -0.2) is 22.3 Å². The van der Waals surface area contributed by atoms with Crippen LogP contribution in [-0.4, -0.2) is 125 Å². The lowest BCUT2D eigenvalue weighted by molar-refractivity contribution is -0.142. The molecule has 0 bridgehead atoms. The number of ether oxygens (including phenoxy) is 1. The number of aromatic amines is 1. The van der Waals surface area contributed by atoms with Crippen LogP contribution in [0.2, 0.25) is 0 Å². The zero-order valence-corrected chi connectivity index (χ0v) is 30.2. The molecule has 2 N–H and O–H groups in total. The highest BCUT2D eigenvalue weighted by Crippen LogP contribution is 2.34. The Kier molecular flexibility index (Phi) is 10.2. The fourth-order valence-corrected chi connectivity index (χ4v) is 9.35. The van der Waals surface area contributed by atoms with E-state index in [-0.39, 0.29) is 24.4 Å². The molecule has 3 aromatic rings. The van der Waals surface area contributed by atoms with E-state index in [1.807, 2.05) is 53.1 Å². The number of piperidine rings is 3. The molecule has 1 atom stereocenters. The van der Waals surface area contributed by atoms with Gasteiger partial charge in [0.25, 0.3) is 5.91 Å². The smallest absolute Gasteiger partial charge is 0.410 e. The summed E-state index contributed by atoms with van der Waals surface area (Å²) >= 11 is 0. The number of carbonyl (C=O) groups excluding carboxylic acids is 3. The average molecular weight is 721 g/mol. The number of H-pyrrole nitrogens is 1. The summed E-state index contributed by atoms with van der Waals surface area (Å²) < 4.78 is 31.6. The quantitative estimate of drug-likeness (QED) is 0.373. The largest absolute Gasteiger partial charge is 0.436 e. The van der Waals surface area contributed by atoms with Gasteiger partial charge in [0.15, 0.2) is 6.10 Å². The van der Waals surface area contributed by atoms with Crippen LogP contribution < -0.4 is 5.32 Å². The minimum Gasteiger partial charge on any atom is -0.436 e. The van der Waals surface area contributed by atoms with Gasteiger partial charge in [-0.05, 0) is 92.5 Å². The zero-order chi connectivity index (χ0) is 35.7. The van der Waals surface area contributed by atoms with Crippen LogP contribution in [-0.2, 0) is 32.4 Å². The monoisotopic (exact) mass is 720 g/mol. The number of carbonyl (C=O) groups is 3. The third-order valence-corrected chi connectivity index (χ3v) is 12.7. The number of fused-ring (bicyclic) bond motifs is 2. The molecule has 7 rings (SSSR count). The highest BCUT2D eigenvalue weighted by atomic mass is 32.2. The van der Waals surface area contributed by atoms with Crippen LogP contribution in [0.5, 0.6) is 0 Å². The molecule has 4 aliphatic rings. The van der Waals surface area contributed by atoms with E-state index in [0.29, 0.717) is 76.0 Å². The molecule has 0 spiro atoms. The number of benzene rings is 2. The van der Waals surface area contributed by atoms with E-state index in [4.69, 9.17) is 4.74 Å². The highest BCUT2D eigenvalue weighted by molar-refractivity contribution is 7.88. The Morgan fingerprint density at radius 1 is 0.902 bits per heavy atom. The van der Waals surface area contributed by atoms with E-state index in [2.05, 4.69) is 20.7 Å². The molecule has 0 unspecified atom stereocenters. The number of anilines is 1. The van der Waals surface area contributed by atoms with Crippen LogP contribution >= 0.6 is 0 Å². The Balaban J connectivity index is 0.985. The van der Waals surface area contributed by atoms with Crippen molar-refractivity contribution in [1.82, 2.24) is 34.4 Å². The third kappa shape index (κ3) is 7.83. The summed E-state index contributed by atoms with van der Waals surface area (Å²) in [5.41, 5.74) is 5.15. The van der Waals surface area contributed by atoms with Gasteiger partial charge in [-0.1, -0.05) is 24.3 Å². The first-order chi connectivity index (χ1) is 24.5. The number of nitrogens with one attached hydrogen (secondary N) is 2. The summed E-state index contributed by atoms with van der Waals surface area (Å²) in [6.07, 6.45) is 5.30. The Bertz CT molecular complexity index is 1860. The zero-order valence-electron chi connectivity index (χ0n) is 29.4. The van der Waals surface area contributed by atoms with Gasteiger partial charge in [0, 0.05) is 64.0 Å². The molecule has 15 heteroatoms. The molecule has 274 valence electrons. The van der Waals surface area contributed by atoms with Crippen LogP contribution in [0.3, 0.4) is 0 Å². The number of para-hydroxylation sites is 1. The van der Waals surface area contributed by atoms with Crippen molar-refractivity contribution in [3.05, 3.63) is 53.1 Å². The number of aromatic nitrogens is 3. The number of rotatable bonds is 7. The molecular weight excluding hydrogens is 673 g/mol. The van der Waals surface area contributed by atoms with E-state index in [1.54, 1.807) is 9.21 Å². The van der Waals surface area contributed by atoms with Crippen molar-refractivity contribution < 1.29 is 27.5 Å². The van der Waals surface area contributed by atoms with Crippen molar-refractivity contribution in [2.45, 2.75) is 70.4 Å². The molecule has 3 saturated heterocycles. The van der Waals surface area contributed by atoms with Gasteiger partial charge in [-0.3, -0.25) is 4.79 Å². The average Bonchev–Trinajstić information content (AvgIpc) is 3.54. The highest BCUT2D eigenvalue weighted by Gasteiger charge is 2.37. The maximum absolute atomic E-state index is 14.1. The molecule has 4 amide bonds. The van der Waals surface area contributed by atoms with Gasteiger partial charge in [-0.15, -0.1) is 0 Å². The predicted octanol–water partition coefficient (Wildman–Crippen LogP) is 3.78. The first-order valence-corrected chi connectivity index (χ1v) is 20.0. The molecule has 1 aromatic heterocycles. The van der Waals surface area contributed by atoms with Crippen LogP contribution in [0, 0.1) is 18.8 Å². The lowest BCUT2D eigenvalue weighted by Crippen LogP contribution is -2.52. The van der Waals surface area contributed by atoms with Gasteiger partial charge in [0.05, 0.1) is 6.26 Å². The summed E-state index contributed by atoms with van der Waals surface area (Å²) in [4.78, 5) is 46.3. The maximum atomic E-state index is 14.1. The van der Waals surface area contributed by atoms with Crippen LogP contribution in [0.25, 0.3) is 11.0 Å². The number of urea groups is 1. The Hall–Kier alpha value is -4.24. The first-order valence-electron chi connectivity index (χ1n) is 18.2. The summed E-state index contributed by atoms with van der Waals surface area (Å²) in [5, 5.41) is 14.2. The number of sulfonamides is 1. The molecule has 51 heavy (non-hydrogen) atoms. The van der Waals surface area contributed by atoms with E-state index >= 15 is 0 Å². The van der Waals surface area contributed by atoms with Crippen molar-refractivity contribution in [2.75, 3.05) is 57.4 Å². The van der Waals surface area contributed by atoms with Gasteiger partial charge in [0.1, 0.15) is 11.0 Å². The molecule has 3 fully saturated rings. The Labute approximate surface area is 298 Å². The standard InChI is InChI=1S/C36H48N8O6S/c1-24-21-25(22-31-33(24)39-40-38-31)23-32(34(45)41-14-7-26(8-15-41)27-9-18-43(19-10-27)51(2,48)49)50-36(47)42-16-12-29(13-17-42)44-20-11-28-5-3-4-6-30(28)37-35(44)46/h3-6,21-22,26-27,29,32H,7-20,23H2,1-2H3,(H,37,46)(H,38,39,40)/t32-/m1/s1. The summed E-state index contributed by atoms with van der Waals surface area (Å²) in [6, 6.07) is 11.6. The van der Waals surface area contributed by atoms with Crippen molar-refractivity contribution in [2.24, 2.45) is 11.8 Å². The van der Waals surface area contributed by atoms with Crippen LogP contribution in [0.4, 0.5) is 15.3 Å². The van der Waals surface area contributed by atoms with Gasteiger partial charge in [-0.2, -0.15) is 15.4 Å². The third-order valence-electron chi connectivity index (χ3n) is 11.4. The molecule has 14 nitrogen and oxygen atoms in total. The molecule has 4 aliphatic heterocycles. The number of hydrogen-bond donors (Lipinski definition) is 2. The SMILES string of the molecule is Cc1cc(C[C@@H](OC(=O)N2CCC(N3CCc4ccccc4NC3=O)CC2)C(=O)N2CCC(C3CCN(S(C)(=O)=O)CC3)CC2)cc2n[nH]nc12. The van der Waals surface area contributed by atoms with Crippen LogP contribution in [0.1, 0.15) is 55.2 Å². The minimum absolute atomic E-state index is 0.00198. The predicted molar refractivity (Wildman–Crippen MR) is 192 cm³/mol. The van der Waals surface area contributed by atoms with Crippen LogP contribution in [0.15, 0.2) is 36.4 Å². The summed E-state index contributed by atoms with van der Waals surface area (Å²) in [7, 11) is -3.18. The second kappa shape index (κ2) is 14.8. The summed E-state index contributed by atoms with van der Waals surface area (Å²) in [6.45, 7) is 5.63. The lowest BCUT2D eigenvalue weighted by Gasteiger charge is -2.40. The van der Waals surface area contributed by atoms with Crippen molar-refractivity contribution >= 4 is 44.8 Å². The van der Waals surface area contributed by atoms with Crippen molar-refractivity contribution in [1.29, 1.82) is 0 Å². The number of aryl methyl sites for hydroxylation is 1. The first kappa shape index (κ1) is 35.2. The fourth-order valence-electron chi connectivity index (χ4n) is 8.47.